The van der Waals surface area contributed by atoms with Crippen molar-refractivity contribution in [3.8, 4) is 0 Å². The minimum absolute atomic E-state index is 0.246. The summed E-state index contributed by atoms with van der Waals surface area (Å²) in [5, 5.41) is 6.07. The quantitative estimate of drug-likeness (QED) is 0.599. The van der Waals surface area contributed by atoms with Crippen LogP contribution in [0.25, 0.3) is 0 Å². The lowest BCUT2D eigenvalue weighted by atomic mass is 10.1. The van der Waals surface area contributed by atoms with Crippen LogP contribution in [0, 0.1) is 0 Å². The highest BCUT2D eigenvalue weighted by molar-refractivity contribution is 7.90. The molecule has 0 aliphatic rings. The van der Waals surface area contributed by atoms with Crippen molar-refractivity contribution in [1.82, 2.24) is 10.6 Å². The van der Waals surface area contributed by atoms with Crippen molar-refractivity contribution in [2.75, 3.05) is 13.3 Å². The molecule has 146 valence electrons. The molecule has 0 aliphatic carbocycles. The van der Waals surface area contributed by atoms with Crippen LogP contribution in [-0.4, -0.2) is 27.7 Å². The van der Waals surface area contributed by atoms with E-state index in [0.717, 1.165) is 24.0 Å². The van der Waals surface area contributed by atoms with Crippen molar-refractivity contribution in [2.45, 2.75) is 24.2 Å². The molecule has 2 rings (SSSR count). The standard InChI is InChI=1S/C18H20F3N3O2S/c1-22-17(23-11-13-3-7-15(8-4-13)18(19,20)21)24-12-14-5-9-16(10-6-14)27(2,25)26/h3-10H,11-12H2,1-2H3,(H2,22,23,24). The molecule has 0 spiro atoms. The molecular formula is C18H20F3N3O2S. The zero-order valence-electron chi connectivity index (χ0n) is 14.8. The molecule has 0 heterocycles. The Hall–Kier alpha value is -2.55. The van der Waals surface area contributed by atoms with Gasteiger partial charge in [0, 0.05) is 26.4 Å². The third-order valence-corrected chi connectivity index (χ3v) is 4.90. The van der Waals surface area contributed by atoms with Gasteiger partial charge >= 0.3 is 6.18 Å². The molecular weight excluding hydrogens is 379 g/mol. The minimum Gasteiger partial charge on any atom is -0.352 e. The van der Waals surface area contributed by atoms with Crippen molar-refractivity contribution in [3.05, 3.63) is 65.2 Å². The Morgan fingerprint density at radius 3 is 1.74 bits per heavy atom. The summed E-state index contributed by atoms with van der Waals surface area (Å²) in [7, 11) is -1.66. The van der Waals surface area contributed by atoms with Crippen LogP contribution in [0.2, 0.25) is 0 Å². The molecule has 0 radical (unpaired) electrons. The van der Waals surface area contributed by atoms with Gasteiger partial charge in [0.15, 0.2) is 15.8 Å². The van der Waals surface area contributed by atoms with Crippen LogP contribution in [0.3, 0.4) is 0 Å². The van der Waals surface area contributed by atoms with E-state index in [4.69, 9.17) is 0 Å². The summed E-state index contributed by atoms with van der Waals surface area (Å²) in [6.07, 6.45) is -3.20. The highest BCUT2D eigenvalue weighted by Crippen LogP contribution is 2.29. The van der Waals surface area contributed by atoms with E-state index in [2.05, 4.69) is 15.6 Å². The third kappa shape index (κ3) is 6.28. The van der Waals surface area contributed by atoms with Gasteiger partial charge in [-0.3, -0.25) is 4.99 Å². The predicted molar refractivity (Wildman–Crippen MR) is 98.0 cm³/mol. The summed E-state index contributed by atoms with van der Waals surface area (Å²) in [6, 6.07) is 11.4. The largest absolute Gasteiger partial charge is 0.416 e. The lowest BCUT2D eigenvalue weighted by molar-refractivity contribution is -0.137. The van der Waals surface area contributed by atoms with Crippen LogP contribution in [0.4, 0.5) is 13.2 Å². The first-order valence-corrected chi connectivity index (χ1v) is 9.88. The number of nitrogens with zero attached hydrogens (tertiary/aromatic N) is 1. The molecule has 0 aliphatic heterocycles. The summed E-state index contributed by atoms with van der Waals surface area (Å²) in [4.78, 5) is 4.30. The van der Waals surface area contributed by atoms with Gasteiger partial charge in [-0.15, -0.1) is 0 Å². The molecule has 5 nitrogen and oxygen atoms in total. The second kappa shape index (κ2) is 8.43. The van der Waals surface area contributed by atoms with Crippen molar-refractivity contribution in [1.29, 1.82) is 0 Å². The molecule has 0 unspecified atom stereocenters. The summed E-state index contributed by atoms with van der Waals surface area (Å²) in [5.74, 6) is 0.474. The maximum atomic E-state index is 12.6. The lowest BCUT2D eigenvalue weighted by Gasteiger charge is -2.13. The molecule has 2 aromatic carbocycles. The fourth-order valence-corrected chi connectivity index (χ4v) is 2.89. The Balaban J connectivity index is 1.89. The van der Waals surface area contributed by atoms with Crippen molar-refractivity contribution in [2.24, 2.45) is 4.99 Å². The van der Waals surface area contributed by atoms with E-state index in [1.807, 2.05) is 0 Å². The Labute approximate surface area is 156 Å². The molecule has 0 fully saturated rings. The zero-order chi connectivity index (χ0) is 20.1. The average molecular weight is 399 g/mol. The topological polar surface area (TPSA) is 70.6 Å². The number of hydrogen-bond acceptors (Lipinski definition) is 3. The number of sulfone groups is 1. The highest BCUT2D eigenvalue weighted by atomic mass is 32.2. The number of benzene rings is 2. The highest BCUT2D eigenvalue weighted by Gasteiger charge is 2.29. The number of nitrogens with one attached hydrogen (secondary N) is 2. The van der Waals surface area contributed by atoms with Crippen LogP contribution >= 0.6 is 0 Å². The monoisotopic (exact) mass is 399 g/mol. The molecule has 9 heteroatoms. The van der Waals surface area contributed by atoms with E-state index in [-0.39, 0.29) is 4.90 Å². The maximum absolute atomic E-state index is 12.6. The Morgan fingerprint density at radius 2 is 1.37 bits per heavy atom. The van der Waals surface area contributed by atoms with Gasteiger partial charge in [-0.2, -0.15) is 13.2 Å². The minimum atomic E-state index is -4.35. The summed E-state index contributed by atoms with van der Waals surface area (Å²) in [6.45, 7) is 0.724. The Morgan fingerprint density at radius 1 is 0.926 bits per heavy atom. The van der Waals surface area contributed by atoms with Gasteiger partial charge in [-0.05, 0) is 35.4 Å². The predicted octanol–water partition coefficient (Wildman–Crippen LogP) is 2.97. The van der Waals surface area contributed by atoms with Crippen molar-refractivity contribution in [3.63, 3.8) is 0 Å². The summed E-state index contributed by atoms with van der Waals surface area (Å²) < 4.78 is 60.6. The van der Waals surface area contributed by atoms with E-state index >= 15 is 0 Å². The molecule has 27 heavy (non-hydrogen) atoms. The van der Waals surface area contributed by atoms with Gasteiger partial charge < -0.3 is 10.6 Å². The van der Waals surface area contributed by atoms with Gasteiger partial charge in [0.05, 0.1) is 10.5 Å². The first-order valence-electron chi connectivity index (χ1n) is 7.99. The normalized spacial score (nSPS) is 12.7. The van der Waals surface area contributed by atoms with Crippen LogP contribution < -0.4 is 10.6 Å². The number of halogens is 3. The van der Waals surface area contributed by atoms with Crippen molar-refractivity contribution >= 4 is 15.8 Å². The second-order valence-corrected chi connectivity index (χ2v) is 7.91. The molecule has 0 aromatic heterocycles. The molecule has 0 saturated carbocycles. The second-order valence-electron chi connectivity index (χ2n) is 5.89. The SMILES string of the molecule is CN=C(NCc1ccc(C(F)(F)F)cc1)NCc1ccc(S(C)(=O)=O)cc1. The number of guanidine groups is 1. The van der Waals surface area contributed by atoms with Crippen molar-refractivity contribution < 1.29 is 21.6 Å². The summed E-state index contributed by atoms with van der Waals surface area (Å²) in [5.41, 5.74) is 0.856. The van der Waals surface area contributed by atoms with Gasteiger partial charge in [-0.1, -0.05) is 24.3 Å². The molecule has 2 N–H and O–H groups in total. The van der Waals surface area contributed by atoms with Crippen LogP contribution in [0.5, 0.6) is 0 Å². The third-order valence-electron chi connectivity index (χ3n) is 3.78. The first-order chi connectivity index (χ1) is 12.6. The van der Waals surface area contributed by atoms with Crippen LogP contribution in [0.15, 0.2) is 58.4 Å². The Kier molecular flexibility index (Phi) is 6.48. The molecule has 0 atom stereocenters. The summed E-state index contributed by atoms with van der Waals surface area (Å²) >= 11 is 0. The average Bonchev–Trinajstić information content (AvgIpc) is 2.61. The molecule has 0 saturated heterocycles. The van der Waals surface area contributed by atoms with Gasteiger partial charge in [0.1, 0.15) is 0 Å². The fourth-order valence-electron chi connectivity index (χ4n) is 2.26. The van der Waals surface area contributed by atoms with Gasteiger partial charge in [0.25, 0.3) is 0 Å². The number of rotatable bonds is 5. The van der Waals surface area contributed by atoms with E-state index in [1.54, 1.807) is 19.2 Å². The smallest absolute Gasteiger partial charge is 0.352 e. The zero-order valence-corrected chi connectivity index (χ0v) is 15.7. The van der Waals surface area contributed by atoms with Gasteiger partial charge in [-0.25, -0.2) is 8.42 Å². The van der Waals surface area contributed by atoms with E-state index in [0.29, 0.717) is 24.6 Å². The molecule has 0 bridgehead atoms. The molecule has 0 amide bonds. The van der Waals surface area contributed by atoms with Crippen LogP contribution in [-0.2, 0) is 29.1 Å². The van der Waals surface area contributed by atoms with E-state index in [9.17, 15) is 21.6 Å². The van der Waals surface area contributed by atoms with E-state index < -0.39 is 21.6 Å². The number of alkyl halides is 3. The Bertz CT molecular complexity index is 891. The maximum Gasteiger partial charge on any atom is 0.416 e. The number of aliphatic imine (C=N–C) groups is 1. The lowest BCUT2D eigenvalue weighted by Crippen LogP contribution is -2.36. The van der Waals surface area contributed by atoms with E-state index in [1.165, 1.54) is 24.3 Å². The number of hydrogen-bond donors (Lipinski definition) is 2. The van der Waals surface area contributed by atoms with Crippen LogP contribution in [0.1, 0.15) is 16.7 Å². The van der Waals surface area contributed by atoms with Gasteiger partial charge in [0.2, 0.25) is 0 Å². The fraction of sp³-hybridized carbons (Fsp3) is 0.278. The first kappa shape index (κ1) is 20.8. The molecule has 2 aromatic rings.